The second kappa shape index (κ2) is 6.50. The van der Waals surface area contributed by atoms with Crippen LogP contribution < -0.4 is 10.6 Å². The highest BCUT2D eigenvalue weighted by atomic mass is 32.2. The Bertz CT molecular complexity index is 220. The van der Waals surface area contributed by atoms with Gasteiger partial charge < -0.3 is 10.6 Å². The van der Waals surface area contributed by atoms with Gasteiger partial charge >= 0.3 is 0 Å². The standard InChI is InChI=1S/C12H24N2OS/c1-12(2,3)14-11(15)9-13-8-10-4-6-16-7-5-10/h10,13H,4-9H2,1-3H3,(H,14,15). The Morgan fingerprint density at radius 3 is 2.50 bits per heavy atom. The summed E-state index contributed by atoms with van der Waals surface area (Å²) in [6, 6.07) is 0. The Balaban J connectivity index is 2.08. The molecule has 2 N–H and O–H groups in total. The van der Waals surface area contributed by atoms with E-state index in [0.717, 1.165) is 12.5 Å². The minimum absolute atomic E-state index is 0.0951. The molecule has 0 saturated carbocycles. The second-order valence-electron chi connectivity index (χ2n) is 5.48. The third kappa shape index (κ3) is 6.38. The fraction of sp³-hybridized carbons (Fsp3) is 0.917. The minimum atomic E-state index is -0.125. The van der Waals surface area contributed by atoms with E-state index < -0.39 is 0 Å². The molecule has 4 heteroatoms. The number of carbonyl (C=O) groups is 1. The average Bonchev–Trinajstić information content (AvgIpc) is 2.16. The van der Waals surface area contributed by atoms with Crippen molar-refractivity contribution in [2.75, 3.05) is 24.6 Å². The van der Waals surface area contributed by atoms with E-state index in [0.29, 0.717) is 6.54 Å². The molecule has 94 valence electrons. The van der Waals surface area contributed by atoms with Gasteiger partial charge in [0.1, 0.15) is 0 Å². The van der Waals surface area contributed by atoms with E-state index in [-0.39, 0.29) is 11.4 Å². The average molecular weight is 244 g/mol. The molecule has 0 aromatic rings. The fourth-order valence-corrected chi connectivity index (χ4v) is 3.01. The molecule has 3 nitrogen and oxygen atoms in total. The van der Waals surface area contributed by atoms with Crippen LogP contribution in [-0.2, 0) is 4.79 Å². The first kappa shape index (κ1) is 13.8. The Hall–Kier alpha value is -0.220. The number of nitrogens with one attached hydrogen (secondary N) is 2. The van der Waals surface area contributed by atoms with Gasteiger partial charge in [-0.3, -0.25) is 4.79 Å². The number of hydrogen-bond donors (Lipinski definition) is 2. The molecule has 16 heavy (non-hydrogen) atoms. The molecule has 1 fully saturated rings. The van der Waals surface area contributed by atoms with Crippen LogP contribution in [-0.4, -0.2) is 36.0 Å². The molecular formula is C12H24N2OS. The topological polar surface area (TPSA) is 41.1 Å². The highest BCUT2D eigenvalue weighted by Crippen LogP contribution is 2.21. The van der Waals surface area contributed by atoms with Crippen molar-refractivity contribution in [2.24, 2.45) is 5.92 Å². The highest BCUT2D eigenvalue weighted by Gasteiger charge is 2.15. The Kier molecular flexibility index (Phi) is 5.62. The van der Waals surface area contributed by atoms with Crippen molar-refractivity contribution in [1.29, 1.82) is 0 Å². The van der Waals surface area contributed by atoms with Crippen LogP contribution in [0.1, 0.15) is 33.6 Å². The summed E-state index contributed by atoms with van der Waals surface area (Å²) < 4.78 is 0. The summed E-state index contributed by atoms with van der Waals surface area (Å²) in [5.74, 6) is 3.42. The summed E-state index contributed by atoms with van der Waals surface area (Å²) in [4.78, 5) is 11.5. The number of amides is 1. The van der Waals surface area contributed by atoms with Crippen LogP contribution in [0.2, 0.25) is 0 Å². The predicted octanol–water partition coefficient (Wildman–Crippen LogP) is 1.63. The van der Waals surface area contributed by atoms with Crippen LogP contribution in [0.15, 0.2) is 0 Å². The van der Waals surface area contributed by atoms with E-state index in [1.165, 1.54) is 24.3 Å². The lowest BCUT2D eigenvalue weighted by molar-refractivity contribution is -0.121. The molecule has 0 bridgehead atoms. The number of thioether (sulfide) groups is 1. The van der Waals surface area contributed by atoms with Crippen molar-refractivity contribution in [3.05, 3.63) is 0 Å². The Morgan fingerprint density at radius 2 is 1.94 bits per heavy atom. The summed E-state index contributed by atoms with van der Waals surface area (Å²) >= 11 is 2.04. The maximum Gasteiger partial charge on any atom is 0.234 e. The lowest BCUT2D eigenvalue weighted by Gasteiger charge is -2.23. The first-order valence-corrected chi connectivity index (χ1v) is 7.22. The molecule has 0 atom stereocenters. The smallest absolute Gasteiger partial charge is 0.234 e. The van der Waals surface area contributed by atoms with Crippen LogP contribution in [0.3, 0.4) is 0 Å². The first-order valence-electron chi connectivity index (χ1n) is 6.07. The van der Waals surface area contributed by atoms with Gasteiger partial charge in [-0.25, -0.2) is 0 Å². The summed E-state index contributed by atoms with van der Waals surface area (Å²) in [5.41, 5.74) is -0.125. The maximum atomic E-state index is 11.5. The van der Waals surface area contributed by atoms with Crippen molar-refractivity contribution in [3.63, 3.8) is 0 Å². The molecular weight excluding hydrogens is 220 g/mol. The molecule has 0 aromatic carbocycles. The first-order chi connectivity index (χ1) is 7.47. The lowest BCUT2D eigenvalue weighted by atomic mass is 10.0. The van der Waals surface area contributed by atoms with Gasteiger partial charge in [0, 0.05) is 5.54 Å². The Morgan fingerprint density at radius 1 is 1.31 bits per heavy atom. The van der Waals surface area contributed by atoms with Gasteiger partial charge in [0.05, 0.1) is 6.54 Å². The molecule has 1 rings (SSSR count). The number of hydrogen-bond acceptors (Lipinski definition) is 3. The van der Waals surface area contributed by atoms with E-state index in [9.17, 15) is 4.79 Å². The third-order valence-corrected chi connectivity index (χ3v) is 3.62. The fourth-order valence-electron chi connectivity index (χ4n) is 1.80. The van der Waals surface area contributed by atoms with E-state index >= 15 is 0 Å². The van der Waals surface area contributed by atoms with Crippen LogP contribution in [0.4, 0.5) is 0 Å². The molecule has 0 radical (unpaired) electrons. The molecule has 1 aliphatic heterocycles. The number of carbonyl (C=O) groups excluding carboxylic acids is 1. The van der Waals surface area contributed by atoms with Crippen molar-refractivity contribution in [3.8, 4) is 0 Å². The van der Waals surface area contributed by atoms with Crippen molar-refractivity contribution in [1.82, 2.24) is 10.6 Å². The molecule has 0 aliphatic carbocycles. The van der Waals surface area contributed by atoms with E-state index in [4.69, 9.17) is 0 Å². The van der Waals surface area contributed by atoms with Gasteiger partial charge in [0.25, 0.3) is 0 Å². The van der Waals surface area contributed by atoms with Crippen LogP contribution in [0, 0.1) is 5.92 Å². The number of rotatable bonds is 4. The lowest BCUT2D eigenvalue weighted by Crippen LogP contribution is -2.45. The monoisotopic (exact) mass is 244 g/mol. The van der Waals surface area contributed by atoms with Crippen LogP contribution in [0.25, 0.3) is 0 Å². The molecule has 0 aromatic heterocycles. The van der Waals surface area contributed by atoms with Crippen molar-refractivity contribution < 1.29 is 4.79 Å². The van der Waals surface area contributed by atoms with Crippen molar-refractivity contribution in [2.45, 2.75) is 39.2 Å². The van der Waals surface area contributed by atoms with Crippen molar-refractivity contribution >= 4 is 17.7 Å². The van der Waals surface area contributed by atoms with Gasteiger partial charge in [0.2, 0.25) is 5.91 Å². The van der Waals surface area contributed by atoms with Gasteiger partial charge in [0.15, 0.2) is 0 Å². The quantitative estimate of drug-likeness (QED) is 0.790. The summed E-state index contributed by atoms with van der Waals surface area (Å²) in [6.45, 7) is 7.44. The summed E-state index contributed by atoms with van der Waals surface area (Å²) in [5, 5.41) is 6.21. The zero-order valence-corrected chi connectivity index (χ0v) is 11.5. The predicted molar refractivity (Wildman–Crippen MR) is 70.8 cm³/mol. The second-order valence-corrected chi connectivity index (χ2v) is 6.71. The zero-order chi connectivity index (χ0) is 12.0. The van der Waals surface area contributed by atoms with E-state index in [1.807, 2.05) is 32.5 Å². The highest BCUT2D eigenvalue weighted by molar-refractivity contribution is 7.99. The van der Waals surface area contributed by atoms with E-state index in [2.05, 4.69) is 10.6 Å². The van der Waals surface area contributed by atoms with Gasteiger partial charge in [-0.15, -0.1) is 0 Å². The van der Waals surface area contributed by atoms with Gasteiger partial charge in [-0.05, 0) is 57.6 Å². The molecule has 0 unspecified atom stereocenters. The molecule has 1 heterocycles. The molecule has 0 spiro atoms. The van der Waals surface area contributed by atoms with Gasteiger partial charge in [-0.2, -0.15) is 11.8 Å². The Labute approximate surface area is 103 Å². The third-order valence-electron chi connectivity index (χ3n) is 2.57. The molecule has 1 amide bonds. The van der Waals surface area contributed by atoms with Gasteiger partial charge in [-0.1, -0.05) is 0 Å². The minimum Gasteiger partial charge on any atom is -0.350 e. The van der Waals surface area contributed by atoms with Crippen LogP contribution >= 0.6 is 11.8 Å². The van der Waals surface area contributed by atoms with Crippen LogP contribution in [0.5, 0.6) is 0 Å². The largest absolute Gasteiger partial charge is 0.350 e. The normalized spacial score (nSPS) is 18.4. The summed E-state index contributed by atoms with van der Waals surface area (Å²) in [6.07, 6.45) is 2.58. The van der Waals surface area contributed by atoms with E-state index in [1.54, 1.807) is 0 Å². The maximum absolute atomic E-state index is 11.5. The molecule has 1 saturated heterocycles. The SMILES string of the molecule is CC(C)(C)NC(=O)CNCC1CCSCC1. The zero-order valence-electron chi connectivity index (χ0n) is 10.6. The molecule has 1 aliphatic rings. The summed E-state index contributed by atoms with van der Waals surface area (Å²) in [7, 11) is 0.